The molecular weight excluding hydrogens is 429 g/mol. The Morgan fingerprint density at radius 3 is 2.29 bits per heavy atom. The molecule has 0 bridgehead atoms. The first-order chi connectivity index (χ1) is 14.7. The predicted molar refractivity (Wildman–Crippen MR) is 110 cm³/mol. The van der Waals surface area contributed by atoms with E-state index in [4.69, 9.17) is 5.73 Å². The molecule has 1 saturated heterocycles. The van der Waals surface area contributed by atoms with E-state index in [-0.39, 0.29) is 40.9 Å². The van der Waals surface area contributed by atoms with Crippen LogP contribution in [0.15, 0.2) is 47.4 Å². The number of carbonyl (C=O) groups excluding carboxylic acids is 1. The van der Waals surface area contributed by atoms with Gasteiger partial charge in [-0.3, -0.25) is 4.79 Å². The Kier molecular flexibility index (Phi) is 7.38. The first kappa shape index (κ1) is 23.3. The molecule has 1 heterocycles. The molecule has 0 spiro atoms. The quantitative estimate of drug-likeness (QED) is 0.652. The predicted octanol–water partition coefficient (Wildman–Crippen LogP) is 3.08. The standard InChI is InChI=1S/C22H25F3N2O3S/c23-18-14-20(25)19(24)12-16(18)13-21(26)15-6-9-27(10-7-15)22(28)8-11-31(29,30)17-4-2-1-3-5-17/h1-5,12,14-15,21H,6-11,13,26H2/t21-/m1/s1. The summed E-state index contributed by atoms with van der Waals surface area (Å²) in [6, 6.07) is 8.88. The molecular formula is C22H25F3N2O3S. The van der Waals surface area contributed by atoms with Crippen LogP contribution in [0.1, 0.15) is 24.8 Å². The lowest BCUT2D eigenvalue weighted by Gasteiger charge is -2.35. The molecule has 1 atom stereocenters. The van der Waals surface area contributed by atoms with E-state index in [0.29, 0.717) is 32.0 Å². The topological polar surface area (TPSA) is 80.5 Å². The summed E-state index contributed by atoms with van der Waals surface area (Å²) in [6.45, 7) is 0.839. The zero-order chi connectivity index (χ0) is 22.6. The Morgan fingerprint density at radius 1 is 1.03 bits per heavy atom. The van der Waals surface area contributed by atoms with Crippen LogP contribution in [0.4, 0.5) is 13.2 Å². The van der Waals surface area contributed by atoms with Gasteiger partial charge in [-0.25, -0.2) is 21.6 Å². The highest BCUT2D eigenvalue weighted by molar-refractivity contribution is 7.91. The third-order valence-electron chi connectivity index (χ3n) is 5.73. The molecule has 168 valence electrons. The van der Waals surface area contributed by atoms with Crippen LogP contribution >= 0.6 is 0 Å². The lowest BCUT2D eigenvalue weighted by atomic mass is 9.86. The van der Waals surface area contributed by atoms with Crippen LogP contribution in [-0.4, -0.2) is 44.1 Å². The molecule has 31 heavy (non-hydrogen) atoms. The first-order valence-electron chi connectivity index (χ1n) is 10.1. The minimum absolute atomic E-state index is 0.00962. The first-order valence-corrected chi connectivity index (χ1v) is 11.8. The van der Waals surface area contributed by atoms with E-state index >= 15 is 0 Å². The molecule has 0 unspecified atom stereocenters. The second kappa shape index (κ2) is 9.82. The molecule has 0 saturated carbocycles. The maximum atomic E-state index is 13.9. The monoisotopic (exact) mass is 454 g/mol. The molecule has 1 aliphatic heterocycles. The second-order valence-electron chi connectivity index (χ2n) is 7.83. The van der Waals surface area contributed by atoms with E-state index in [1.807, 2.05) is 0 Å². The van der Waals surface area contributed by atoms with Crippen LogP contribution in [0.2, 0.25) is 0 Å². The normalized spacial score (nSPS) is 16.3. The molecule has 2 aromatic carbocycles. The van der Waals surface area contributed by atoms with Gasteiger partial charge in [0.2, 0.25) is 5.91 Å². The number of piperidine rings is 1. The van der Waals surface area contributed by atoms with Crippen molar-refractivity contribution in [2.24, 2.45) is 11.7 Å². The Bertz CT molecular complexity index is 1020. The number of nitrogens with two attached hydrogens (primary N) is 1. The van der Waals surface area contributed by atoms with Crippen LogP contribution in [0.25, 0.3) is 0 Å². The highest BCUT2D eigenvalue weighted by atomic mass is 32.2. The highest BCUT2D eigenvalue weighted by Gasteiger charge is 2.28. The van der Waals surface area contributed by atoms with Crippen molar-refractivity contribution in [2.75, 3.05) is 18.8 Å². The molecule has 0 aromatic heterocycles. The summed E-state index contributed by atoms with van der Waals surface area (Å²) in [5.41, 5.74) is 6.20. The summed E-state index contributed by atoms with van der Waals surface area (Å²) in [5.74, 6) is -3.69. The van der Waals surface area contributed by atoms with Gasteiger partial charge in [0.05, 0.1) is 10.6 Å². The van der Waals surface area contributed by atoms with Crippen LogP contribution < -0.4 is 5.73 Å². The number of carbonyl (C=O) groups is 1. The smallest absolute Gasteiger partial charge is 0.223 e. The Labute approximate surface area is 180 Å². The van der Waals surface area contributed by atoms with Gasteiger partial charge >= 0.3 is 0 Å². The van der Waals surface area contributed by atoms with Gasteiger partial charge in [-0.15, -0.1) is 0 Å². The van der Waals surface area contributed by atoms with E-state index in [2.05, 4.69) is 0 Å². The number of likely N-dealkylation sites (tertiary alicyclic amines) is 1. The van der Waals surface area contributed by atoms with Crippen molar-refractivity contribution < 1.29 is 26.4 Å². The Balaban J connectivity index is 1.50. The number of sulfone groups is 1. The molecule has 5 nitrogen and oxygen atoms in total. The van der Waals surface area contributed by atoms with E-state index in [1.165, 1.54) is 12.1 Å². The Morgan fingerprint density at radius 2 is 1.65 bits per heavy atom. The van der Waals surface area contributed by atoms with Crippen molar-refractivity contribution in [2.45, 2.75) is 36.6 Å². The van der Waals surface area contributed by atoms with E-state index in [0.717, 1.165) is 6.07 Å². The average molecular weight is 455 g/mol. The van der Waals surface area contributed by atoms with E-state index in [1.54, 1.807) is 23.1 Å². The largest absolute Gasteiger partial charge is 0.343 e. The average Bonchev–Trinajstić information content (AvgIpc) is 2.76. The van der Waals surface area contributed by atoms with Gasteiger partial charge in [0, 0.05) is 31.6 Å². The van der Waals surface area contributed by atoms with Gasteiger partial charge in [0.15, 0.2) is 21.5 Å². The number of halogens is 3. The third kappa shape index (κ3) is 5.86. The van der Waals surface area contributed by atoms with E-state index < -0.39 is 33.3 Å². The summed E-state index contributed by atoms with van der Waals surface area (Å²) in [7, 11) is -3.52. The van der Waals surface area contributed by atoms with Crippen LogP contribution in [0.5, 0.6) is 0 Å². The fraction of sp³-hybridized carbons (Fsp3) is 0.409. The minimum Gasteiger partial charge on any atom is -0.343 e. The second-order valence-corrected chi connectivity index (χ2v) is 9.93. The summed E-state index contributed by atoms with van der Waals surface area (Å²) in [4.78, 5) is 14.3. The summed E-state index contributed by atoms with van der Waals surface area (Å²) in [5, 5.41) is 0. The van der Waals surface area contributed by atoms with Crippen molar-refractivity contribution in [3.8, 4) is 0 Å². The molecule has 0 radical (unpaired) electrons. The fourth-order valence-corrected chi connectivity index (χ4v) is 5.09. The molecule has 2 N–H and O–H groups in total. The number of hydrogen-bond acceptors (Lipinski definition) is 4. The number of amides is 1. The van der Waals surface area contributed by atoms with Gasteiger partial charge in [-0.2, -0.15) is 0 Å². The van der Waals surface area contributed by atoms with Crippen LogP contribution in [0, 0.1) is 23.4 Å². The number of nitrogens with zero attached hydrogens (tertiary/aromatic N) is 1. The van der Waals surface area contributed by atoms with Gasteiger partial charge in [0.1, 0.15) is 5.82 Å². The molecule has 1 amide bonds. The fourth-order valence-electron chi connectivity index (χ4n) is 3.84. The molecule has 0 aliphatic carbocycles. The van der Waals surface area contributed by atoms with Gasteiger partial charge in [-0.1, -0.05) is 18.2 Å². The maximum Gasteiger partial charge on any atom is 0.223 e. The van der Waals surface area contributed by atoms with Gasteiger partial charge < -0.3 is 10.6 Å². The van der Waals surface area contributed by atoms with Crippen molar-refractivity contribution >= 4 is 15.7 Å². The zero-order valence-corrected chi connectivity index (χ0v) is 17.8. The lowest BCUT2D eigenvalue weighted by molar-refractivity contribution is -0.132. The van der Waals surface area contributed by atoms with Crippen molar-refractivity contribution in [3.05, 3.63) is 65.5 Å². The maximum absolute atomic E-state index is 13.9. The van der Waals surface area contributed by atoms with Gasteiger partial charge in [-0.05, 0) is 48.9 Å². The highest BCUT2D eigenvalue weighted by Crippen LogP contribution is 2.24. The summed E-state index contributed by atoms with van der Waals surface area (Å²) >= 11 is 0. The van der Waals surface area contributed by atoms with Crippen molar-refractivity contribution in [1.82, 2.24) is 4.90 Å². The number of rotatable bonds is 7. The summed E-state index contributed by atoms with van der Waals surface area (Å²) < 4.78 is 65.0. The van der Waals surface area contributed by atoms with E-state index in [9.17, 15) is 26.4 Å². The SMILES string of the molecule is N[C@H](Cc1cc(F)c(F)cc1F)C1CCN(C(=O)CCS(=O)(=O)c2ccccc2)CC1. The van der Waals surface area contributed by atoms with Crippen molar-refractivity contribution in [3.63, 3.8) is 0 Å². The zero-order valence-electron chi connectivity index (χ0n) is 16.9. The van der Waals surface area contributed by atoms with Crippen LogP contribution in [-0.2, 0) is 21.1 Å². The third-order valence-corrected chi connectivity index (χ3v) is 7.46. The number of hydrogen-bond donors (Lipinski definition) is 1. The molecule has 1 aliphatic rings. The van der Waals surface area contributed by atoms with Crippen molar-refractivity contribution in [1.29, 1.82) is 0 Å². The minimum atomic E-state index is -3.52. The Hall–Kier alpha value is -2.39. The molecule has 1 fully saturated rings. The van der Waals surface area contributed by atoms with Gasteiger partial charge in [0.25, 0.3) is 0 Å². The molecule has 9 heteroatoms. The lowest BCUT2D eigenvalue weighted by Crippen LogP contribution is -2.44. The molecule has 2 aromatic rings. The van der Waals surface area contributed by atoms with Crippen LogP contribution in [0.3, 0.4) is 0 Å². The summed E-state index contributed by atoms with van der Waals surface area (Å²) in [6.07, 6.45) is 1.11. The number of benzene rings is 2. The molecule has 3 rings (SSSR count).